The van der Waals surface area contributed by atoms with E-state index in [1.54, 1.807) is 0 Å². The Hall–Kier alpha value is -1.81. The zero-order chi connectivity index (χ0) is 13.2. The zero-order valence-corrected chi connectivity index (χ0v) is 11.0. The third-order valence-electron chi connectivity index (χ3n) is 3.61. The molecule has 0 bridgehead atoms. The number of amides is 1. The lowest BCUT2D eigenvalue weighted by atomic mass is 10.2. The summed E-state index contributed by atoms with van der Waals surface area (Å²) in [4.78, 5) is 12.0. The number of furan rings is 1. The van der Waals surface area contributed by atoms with Crippen LogP contribution < -0.4 is 10.6 Å². The van der Waals surface area contributed by atoms with Gasteiger partial charge in [0.1, 0.15) is 11.3 Å². The lowest BCUT2D eigenvalue weighted by molar-refractivity contribution is -0.123. The van der Waals surface area contributed by atoms with E-state index < -0.39 is 0 Å². The fourth-order valence-corrected chi connectivity index (χ4v) is 2.51. The maximum atomic E-state index is 12.0. The summed E-state index contributed by atoms with van der Waals surface area (Å²) < 4.78 is 5.76. The third-order valence-corrected chi connectivity index (χ3v) is 3.61. The predicted octanol–water partition coefficient (Wildman–Crippen LogP) is 2.36. The SMILES string of the molecule is CC(NC(=O)[C@H]1CCCN1)c1cc2ccccc2o1. The highest BCUT2D eigenvalue weighted by Gasteiger charge is 2.24. The molecule has 0 spiro atoms. The molecule has 4 heteroatoms. The third kappa shape index (κ3) is 2.49. The number of benzene rings is 1. The molecule has 1 aliphatic heterocycles. The Kier molecular flexibility index (Phi) is 3.25. The molecular formula is C15H18N2O2. The van der Waals surface area contributed by atoms with Gasteiger partial charge in [-0.15, -0.1) is 0 Å². The van der Waals surface area contributed by atoms with E-state index in [0.717, 1.165) is 36.1 Å². The number of carbonyl (C=O) groups is 1. The van der Waals surface area contributed by atoms with E-state index in [9.17, 15) is 4.79 Å². The quantitative estimate of drug-likeness (QED) is 0.888. The van der Waals surface area contributed by atoms with Gasteiger partial charge in [0.2, 0.25) is 5.91 Å². The minimum Gasteiger partial charge on any atom is -0.459 e. The number of hydrogen-bond donors (Lipinski definition) is 2. The monoisotopic (exact) mass is 258 g/mol. The maximum absolute atomic E-state index is 12.0. The number of nitrogens with one attached hydrogen (secondary N) is 2. The summed E-state index contributed by atoms with van der Waals surface area (Å²) >= 11 is 0. The van der Waals surface area contributed by atoms with Crippen LogP contribution in [0.25, 0.3) is 11.0 Å². The summed E-state index contributed by atoms with van der Waals surface area (Å²) in [5.41, 5.74) is 0.859. The molecule has 1 amide bonds. The van der Waals surface area contributed by atoms with Gasteiger partial charge in [0.05, 0.1) is 12.1 Å². The van der Waals surface area contributed by atoms with Gasteiger partial charge < -0.3 is 15.1 Å². The summed E-state index contributed by atoms with van der Waals surface area (Å²) in [6.45, 7) is 2.88. The normalized spacial score (nSPS) is 20.6. The van der Waals surface area contributed by atoms with Crippen LogP contribution in [0.5, 0.6) is 0 Å². The van der Waals surface area contributed by atoms with Crippen LogP contribution in [-0.2, 0) is 4.79 Å². The van der Waals surface area contributed by atoms with Crippen molar-refractivity contribution in [1.82, 2.24) is 10.6 Å². The highest BCUT2D eigenvalue weighted by atomic mass is 16.3. The number of para-hydroxylation sites is 1. The summed E-state index contributed by atoms with van der Waals surface area (Å²) in [6.07, 6.45) is 1.98. The molecule has 1 aliphatic rings. The zero-order valence-electron chi connectivity index (χ0n) is 11.0. The molecule has 19 heavy (non-hydrogen) atoms. The van der Waals surface area contributed by atoms with Gasteiger partial charge in [0, 0.05) is 5.39 Å². The van der Waals surface area contributed by atoms with E-state index in [1.165, 1.54) is 0 Å². The van der Waals surface area contributed by atoms with Gasteiger partial charge in [-0.1, -0.05) is 18.2 Å². The molecule has 100 valence electrons. The molecule has 0 saturated carbocycles. The summed E-state index contributed by atoms with van der Waals surface area (Å²) in [5, 5.41) is 7.27. The molecule has 2 heterocycles. The van der Waals surface area contributed by atoms with Crippen LogP contribution in [0.3, 0.4) is 0 Å². The van der Waals surface area contributed by atoms with Crippen molar-refractivity contribution in [2.75, 3.05) is 6.54 Å². The molecule has 0 aliphatic carbocycles. The molecule has 2 N–H and O–H groups in total. The molecule has 1 unspecified atom stereocenters. The van der Waals surface area contributed by atoms with Crippen molar-refractivity contribution in [2.45, 2.75) is 31.8 Å². The molecule has 1 saturated heterocycles. The fraction of sp³-hybridized carbons (Fsp3) is 0.400. The number of rotatable bonds is 3. The molecule has 3 rings (SSSR count). The lowest BCUT2D eigenvalue weighted by Crippen LogP contribution is -2.41. The smallest absolute Gasteiger partial charge is 0.237 e. The van der Waals surface area contributed by atoms with Crippen molar-refractivity contribution in [2.24, 2.45) is 0 Å². The van der Waals surface area contributed by atoms with Crippen molar-refractivity contribution < 1.29 is 9.21 Å². The molecule has 0 radical (unpaired) electrons. The topological polar surface area (TPSA) is 54.3 Å². The van der Waals surface area contributed by atoms with Crippen LogP contribution in [0.2, 0.25) is 0 Å². The summed E-state index contributed by atoms with van der Waals surface area (Å²) in [6, 6.07) is 9.70. The first-order valence-corrected chi connectivity index (χ1v) is 6.76. The van der Waals surface area contributed by atoms with Crippen molar-refractivity contribution in [3.8, 4) is 0 Å². The average Bonchev–Trinajstić information content (AvgIpc) is 3.07. The largest absolute Gasteiger partial charge is 0.459 e. The average molecular weight is 258 g/mol. The van der Waals surface area contributed by atoms with Gasteiger partial charge in [0.25, 0.3) is 0 Å². The Morgan fingerprint density at radius 2 is 2.32 bits per heavy atom. The predicted molar refractivity (Wildman–Crippen MR) is 73.8 cm³/mol. The van der Waals surface area contributed by atoms with Crippen molar-refractivity contribution >= 4 is 16.9 Å². The fourth-order valence-electron chi connectivity index (χ4n) is 2.51. The highest BCUT2D eigenvalue weighted by Crippen LogP contribution is 2.23. The second-order valence-electron chi connectivity index (χ2n) is 5.07. The first-order valence-electron chi connectivity index (χ1n) is 6.76. The van der Waals surface area contributed by atoms with Gasteiger partial charge in [-0.3, -0.25) is 4.79 Å². The molecule has 1 aromatic heterocycles. The van der Waals surface area contributed by atoms with Gasteiger partial charge in [-0.05, 0) is 38.4 Å². The summed E-state index contributed by atoms with van der Waals surface area (Å²) in [5.74, 6) is 0.859. The molecule has 2 atom stereocenters. The first kappa shape index (κ1) is 12.2. The number of carbonyl (C=O) groups excluding carboxylic acids is 1. The summed E-state index contributed by atoms with van der Waals surface area (Å²) in [7, 11) is 0. The molecule has 4 nitrogen and oxygen atoms in total. The minimum atomic E-state index is -0.109. The Balaban J connectivity index is 1.72. The van der Waals surface area contributed by atoms with Crippen molar-refractivity contribution in [1.29, 1.82) is 0 Å². The Morgan fingerprint density at radius 1 is 1.47 bits per heavy atom. The van der Waals surface area contributed by atoms with Crippen LogP contribution in [0, 0.1) is 0 Å². The van der Waals surface area contributed by atoms with Crippen LogP contribution in [-0.4, -0.2) is 18.5 Å². The van der Waals surface area contributed by atoms with E-state index in [-0.39, 0.29) is 18.0 Å². The second kappa shape index (κ2) is 5.05. The van der Waals surface area contributed by atoms with E-state index in [2.05, 4.69) is 10.6 Å². The van der Waals surface area contributed by atoms with Gasteiger partial charge in [-0.25, -0.2) is 0 Å². The van der Waals surface area contributed by atoms with E-state index in [4.69, 9.17) is 4.42 Å². The van der Waals surface area contributed by atoms with Crippen molar-refractivity contribution in [3.63, 3.8) is 0 Å². The van der Waals surface area contributed by atoms with Gasteiger partial charge >= 0.3 is 0 Å². The molecule has 1 aromatic carbocycles. The van der Waals surface area contributed by atoms with Crippen LogP contribution in [0.15, 0.2) is 34.7 Å². The molecule has 2 aromatic rings. The lowest BCUT2D eigenvalue weighted by Gasteiger charge is -2.15. The number of fused-ring (bicyclic) bond motifs is 1. The number of hydrogen-bond acceptors (Lipinski definition) is 3. The van der Waals surface area contributed by atoms with Crippen molar-refractivity contribution in [3.05, 3.63) is 36.1 Å². The van der Waals surface area contributed by atoms with Gasteiger partial charge in [-0.2, -0.15) is 0 Å². The Bertz CT molecular complexity index is 552. The minimum absolute atomic E-state index is 0.0492. The molecular weight excluding hydrogens is 240 g/mol. The van der Waals surface area contributed by atoms with E-state index >= 15 is 0 Å². The van der Waals surface area contributed by atoms with Crippen LogP contribution >= 0.6 is 0 Å². The second-order valence-corrected chi connectivity index (χ2v) is 5.07. The van der Waals surface area contributed by atoms with E-state index in [0.29, 0.717) is 0 Å². The Morgan fingerprint density at radius 3 is 3.05 bits per heavy atom. The maximum Gasteiger partial charge on any atom is 0.237 e. The van der Waals surface area contributed by atoms with Crippen LogP contribution in [0.1, 0.15) is 31.6 Å². The van der Waals surface area contributed by atoms with E-state index in [1.807, 2.05) is 37.3 Å². The standard InChI is InChI=1S/C15H18N2O2/c1-10(17-15(18)12-6-4-8-16-12)14-9-11-5-2-3-7-13(11)19-14/h2-3,5,7,9-10,12,16H,4,6,8H2,1H3,(H,17,18)/t10?,12-/m1/s1. The van der Waals surface area contributed by atoms with Gasteiger partial charge in [0.15, 0.2) is 0 Å². The first-order chi connectivity index (χ1) is 9.24. The highest BCUT2D eigenvalue weighted by molar-refractivity contribution is 5.83. The molecule has 1 fully saturated rings. The Labute approximate surface area is 112 Å². The van der Waals surface area contributed by atoms with Crippen LogP contribution in [0.4, 0.5) is 0 Å².